The first kappa shape index (κ1) is 16.7. The molecule has 0 fully saturated rings. The summed E-state index contributed by atoms with van der Waals surface area (Å²) >= 11 is 0. The SMILES string of the molecule is Cc1nn(CC(=O)N2CCc3[nH]c4ccccc4c3C2)c(=O)c2ccccc12. The smallest absolute Gasteiger partial charge is 0.275 e. The average Bonchev–Trinajstić information content (AvgIpc) is 3.09. The number of rotatable bonds is 2. The summed E-state index contributed by atoms with van der Waals surface area (Å²) in [6.07, 6.45) is 0.787. The molecule has 0 unspecified atom stereocenters. The molecule has 6 nitrogen and oxygen atoms in total. The zero-order chi connectivity index (χ0) is 19.3. The molecular weight excluding hydrogens is 352 g/mol. The Morgan fingerprint density at radius 3 is 2.61 bits per heavy atom. The molecule has 2 aromatic heterocycles. The number of carbonyl (C=O) groups excluding carboxylic acids is 1. The Morgan fingerprint density at radius 2 is 1.79 bits per heavy atom. The highest BCUT2D eigenvalue weighted by atomic mass is 16.2. The van der Waals surface area contributed by atoms with Gasteiger partial charge in [-0.2, -0.15) is 5.10 Å². The lowest BCUT2D eigenvalue weighted by Gasteiger charge is -2.27. The van der Waals surface area contributed by atoms with Crippen LogP contribution in [0.5, 0.6) is 0 Å². The van der Waals surface area contributed by atoms with Crippen molar-refractivity contribution in [3.8, 4) is 0 Å². The lowest BCUT2D eigenvalue weighted by atomic mass is 10.0. The number of nitrogens with zero attached hydrogens (tertiary/aromatic N) is 3. The standard InChI is InChI=1S/C22H20N4O2/c1-14-15-6-2-3-8-17(15)22(28)26(24-14)13-21(27)25-11-10-20-18(12-25)16-7-4-5-9-19(16)23-20/h2-9,23H,10-13H2,1H3. The molecule has 0 aliphatic carbocycles. The van der Waals surface area contributed by atoms with Crippen molar-refractivity contribution in [1.29, 1.82) is 0 Å². The Hall–Kier alpha value is -3.41. The van der Waals surface area contributed by atoms with E-state index in [1.807, 2.05) is 42.2 Å². The number of para-hydroxylation sites is 1. The molecule has 28 heavy (non-hydrogen) atoms. The van der Waals surface area contributed by atoms with E-state index in [4.69, 9.17) is 0 Å². The van der Waals surface area contributed by atoms with Crippen LogP contribution in [0.3, 0.4) is 0 Å². The van der Waals surface area contributed by atoms with Crippen molar-refractivity contribution < 1.29 is 4.79 Å². The van der Waals surface area contributed by atoms with Gasteiger partial charge in [-0.25, -0.2) is 4.68 Å². The Kier molecular flexibility index (Phi) is 3.79. The van der Waals surface area contributed by atoms with Crippen LogP contribution < -0.4 is 5.56 Å². The van der Waals surface area contributed by atoms with Gasteiger partial charge in [0.25, 0.3) is 5.56 Å². The number of H-pyrrole nitrogens is 1. The van der Waals surface area contributed by atoms with Crippen molar-refractivity contribution in [2.75, 3.05) is 6.54 Å². The molecule has 0 bridgehead atoms. The number of aryl methyl sites for hydroxylation is 1. The van der Waals surface area contributed by atoms with E-state index in [1.54, 1.807) is 6.07 Å². The van der Waals surface area contributed by atoms with Crippen LogP contribution in [-0.4, -0.2) is 32.1 Å². The molecule has 1 aliphatic heterocycles. The minimum absolute atomic E-state index is 0.0395. The second-order valence-electron chi connectivity index (χ2n) is 7.29. The predicted molar refractivity (Wildman–Crippen MR) is 108 cm³/mol. The normalized spacial score (nSPS) is 13.8. The van der Waals surface area contributed by atoms with Gasteiger partial charge in [0.1, 0.15) is 6.54 Å². The number of benzene rings is 2. The first-order chi connectivity index (χ1) is 13.6. The summed E-state index contributed by atoms with van der Waals surface area (Å²) < 4.78 is 1.30. The third-order valence-corrected chi connectivity index (χ3v) is 5.57. The molecule has 0 radical (unpaired) electrons. The minimum Gasteiger partial charge on any atom is -0.358 e. The van der Waals surface area contributed by atoms with E-state index in [2.05, 4.69) is 22.2 Å². The van der Waals surface area contributed by atoms with E-state index in [1.165, 1.54) is 15.9 Å². The van der Waals surface area contributed by atoms with Gasteiger partial charge in [-0.3, -0.25) is 9.59 Å². The molecule has 0 saturated heterocycles. The highest BCUT2D eigenvalue weighted by molar-refractivity contribution is 5.86. The molecule has 0 atom stereocenters. The van der Waals surface area contributed by atoms with Gasteiger partial charge in [-0.05, 0) is 19.1 Å². The maximum Gasteiger partial charge on any atom is 0.275 e. The van der Waals surface area contributed by atoms with Crippen molar-refractivity contribution in [3.05, 3.63) is 75.8 Å². The van der Waals surface area contributed by atoms with Crippen LogP contribution in [0.15, 0.2) is 53.3 Å². The fourth-order valence-electron chi connectivity index (χ4n) is 4.12. The number of hydrogen-bond acceptors (Lipinski definition) is 3. The summed E-state index contributed by atoms with van der Waals surface area (Å²) in [5.74, 6) is -0.0831. The molecule has 5 rings (SSSR count). The molecule has 1 aliphatic rings. The van der Waals surface area contributed by atoms with Crippen LogP contribution in [-0.2, 0) is 24.3 Å². The van der Waals surface area contributed by atoms with E-state index in [-0.39, 0.29) is 18.0 Å². The molecule has 2 aromatic carbocycles. The minimum atomic E-state index is -0.223. The van der Waals surface area contributed by atoms with Crippen LogP contribution >= 0.6 is 0 Å². The number of carbonyl (C=O) groups is 1. The van der Waals surface area contributed by atoms with E-state index in [0.29, 0.717) is 18.5 Å². The Morgan fingerprint density at radius 1 is 1.07 bits per heavy atom. The number of nitrogens with one attached hydrogen (secondary N) is 1. The maximum absolute atomic E-state index is 13.0. The van der Waals surface area contributed by atoms with Crippen LogP contribution in [0.25, 0.3) is 21.7 Å². The van der Waals surface area contributed by atoms with Gasteiger partial charge in [0.05, 0.1) is 11.1 Å². The lowest BCUT2D eigenvalue weighted by molar-refractivity contribution is -0.133. The highest BCUT2D eigenvalue weighted by Gasteiger charge is 2.24. The number of amides is 1. The van der Waals surface area contributed by atoms with Gasteiger partial charge in [0.15, 0.2) is 0 Å². The van der Waals surface area contributed by atoms with E-state index < -0.39 is 0 Å². The molecule has 3 heterocycles. The zero-order valence-electron chi connectivity index (χ0n) is 15.6. The number of aromatic amines is 1. The quantitative estimate of drug-likeness (QED) is 0.588. The Labute approximate surface area is 161 Å². The number of aromatic nitrogens is 3. The Balaban J connectivity index is 1.45. The van der Waals surface area contributed by atoms with Crippen LogP contribution in [0, 0.1) is 6.92 Å². The number of fused-ring (bicyclic) bond motifs is 4. The fraction of sp³-hybridized carbons (Fsp3) is 0.227. The van der Waals surface area contributed by atoms with Crippen molar-refractivity contribution in [1.82, 2.24) is 19.7 Å². The maximum atomic E-state index is 13.0. The highest BCUT2D eigenvalue weighted by Crippen LogP contribution is 2.27. The van der Waals surface area contributed by atoms with Crippen molar-refractivity contribution in [2.24, 2.45) is 0 Å². The van der Waals surface area contributed by atoms with E-state index in [9.17, 15) is 9.59 Å². The summed E-state index contributed by atoms with van der Waals surface area (Å²) in [6, 6.07) is 15.5. The van der Waals surface area contributed by atoms with E-state index >= 15 is 0 Å². The van der Waals surface area contributed by atoms with Crippen LogP contribution in [0.4, 0.5) is 0 Å². The van der Waals surface area contributed by atoms with E-state index in [0.717, 1.165) is 28.4 Å². The summed E-state index contributed by atoms with van der Waals surface area (Å²) in [7, 11) is 0. The first-order valence-electron chi connectivity index (χ1n) is 9.44. The second-order valence-corrected chi connectivity index (χ2v) is 7.29. The van der Waals surface area contributed by atoms with Gasteiger partial charge in [-0.15, -0.1) is 0 Å². The average molecular weight is 372 g/mol. The molecule has 4 aromatic rings. The van der Waals surface area contributed by atoms with Gasteiger partial charge >= 0.3 is 0 Å². The summed E-state index contributed by atoms with van der Waals surface area (Å²) in [5, 5.41) is 6.96. The van der Waals surface area contributed by atoms with Crippen LogP contribution in [0.2, 0.25) is 0 Å². The topological polar surface area (TPSA) is 71.0 Å². The largest absolute Gasteiger partial charge is 0.358 e. The Bertz CT molecular complexity index is 1280. The second kappa shape index (κ2) is 6.34. The zero-order valence-corrected chi connectivity index (χ0v) is 15.6. The molecule has 0 saturated carbocycles. The molecule has 6 heteroatoms. The molecular formula is C22H20N4O2. The monoisotopic (exact) mass is 372 g/mol. The third-order valence-electron chi connectivity index (χ3n) is 5.57. The summed E-state index contributed by atoms with van der Waals surface area (Å²) in [4.78, 5) is 31.0. The molecule has 0 spiro atoms. The van der Waals surface area contributed by atoms with Crippen molar-refractivity contribution in [2.45, 2.75) is 26.4 Å². The third kappa shape index (κ3) is 2.60. The van der Waals surface area contributed by atoms with Gasteiger partial charge in [0, 0.05) is 47.1 Å². The predicted octanol–water partition coefficient (Wildman–Crippen LogP) is 2.77. The van der Waals surface area contributed by atoms with Gasteiger partial charge in [0.2, 0.25) is 5.91 Å². The molecule has 1 amide bonds. The summed E-state index contributed by atoms with van der Waals surface area (Å²) in [5.41, 5.74) is 4.00. The lowest BCUT2D eigenvalue weighted by Crippen LogP contribution is -2.40. The fourth-order valence-corrected chi connectivity index (χ4v) is 4.12. The van der Waals surface area contributed by atoms with Crippen molar-refractivity contribution in [3.63, 3.8) is 0 Å². The summed E-state index contributed by atoms with van der Waals surface area (Å²) in [6.45, 7) is 3.02. The van der Waals surface area contributed by atoms with Gasteiger partial charge in [-0.1, -0.05) is 36.4 Å². The molecule has 1 N–H and O–H groups in total. The van der Waals surface area contributed by atoms with Gasteiger partial charge < -0.3 is 9.88 Å². The first-order valence-corrected chi connectivity index (χ1v) is 9.44. The molecule has 140 valence electrons. The van der Waals surface area contributed by atoms with Crippen molar-refractivity contribution >= 4 is 27.6 Å². The van der Waals surface area contributed by atoms with Crippen LogP contribution in [0.1, 0.15) is 17.0 Å². The number of hydrogen-bond donors (Lipinski definition) is 1.